The average molecular weight is 262 g/mol. The highest BCUT2D eigenvalue weighted by Gasteiger charge is 2.41. The van der Waals surface area contributed by atoms with E-state index in [0.29, 0.717) is 19.4 Å². The van der Waals surface area contributed by atoms with Crippen LogP contribution in [0.4, 0.5) is 8.78 Å². The van der Waals surface area contributed by atoms with E-state index in [2.05, 4.69) is 0 Å². The predicted octanol–water partition coefficient (Wildman–Crippen LogP) is 3.52. The van der Waals surface area contributed by atoms with E-state index in [1.54, 1.807) is 0 Å². The number of alkyl halides is 2. The van der Waals surface area contributed by atoms with Crippen LogP contribution in [0.1, 0.15) is 58.3 Å². The van der Waals surface area contributed by atoms with Crippen LogP contribution in [-0.4, -0.2) is 29.3 Å². The largest absolute Gasteiger partial charge is 0.390 e. The highest BCUT2D eigenvalue weighted by molar-refractivity contribution is 4.89. The second-order valence-corrected chi connectivity index (χ2v) is 6.19. The lowest BCUT2D eigenvalue weighted by Crippen LogP contribution is -2.46. The molecule has 3 atom stereocenters. The number of ether oxygens (including phenoxy) is 1. The first-order valence-corrected chi connectivity index (χ1v) is 7.11. The maximum Gasteiger partial charge on any atom is 0.248 e. The van der Waals surface area contributed by atoms with Gasteiger partial charge in [0, 0.05) is 19.4 Å². The molecule has 1 saturated heterocycles. The van der Waals surface area contributed by atoms with Crippen LogP contribution in [-0.2, 0) is 4.74 Å². The van der Waals surface area contributed by atoms with Crippen molar-refractivity contribution in [2.75, 3.05) is 6.61 Å². The quantitative estimate of drug-likeness (QED) is 0.843. The molecule has 1 N–H and O–H groups in total. The average Bonchev–Trinajstić information content (AvgIpc) is 2.28. The summed E-state index contributed by atoms with van der Waals surface area (Å²) in [7, 11) is 0. The van der Waals surface area contributed by atoms with Crippen LogP contribution in [0.15, 0.2) is 0 Å². The molecule has 2 rings (SSSR count). The summed E-state index contributed by atoms with van der Waals surface area (Å²) in [5.41, 5.74) is -0.523. The van der Waals surface area contributed by atoms with Crippen molar-refractivity contribution in [1.82, 2.24) is 0 Å². The number of rotatable bonds is 3. The van der Waals surface area contributed by atoms with Crippen molar-refractivity contribution in [3.8, 4) is 0 Å². The maximum absolute atomic E-state index is 13.3. The van der Waals surface area contributed by atoms with E-state index >= 15 is 0 Å². The number of aliphatic hydroxyl groups is 1. The Morgan fingerprint density at radius 2 is 2.06 bits per heavy atom. The molecule has 1 heterocycles. The van der Waals surface area contributed by atoms with Gasteiger partial charge >= 0.3 is 0 Å². The smallest absolute Gasteiger partial charge is 0.248 e. The molecule has 2 nitrogen and oxygen atoms in total. The minimum atomic E-state index is -2.53. The topological polar surface area (TPSA) is 29.5 Å². The molecule has 2 aliphatic rings. The Morgan fingerprint density at radius 3 is 2.67 bits per heavy atom. The normalized spacial score (nSPS) is 38.3. The molecule has 4 heteroatoms. The number of hydrogen-bond acceptors (Lipinski definition) is 2. The summed E-state index contributed by atoms with van der Waals surface area (Å²) in [5, 5.41) is 10.3. The zero-order chi connectivity index (χ0) is 13.2. The van der Waals surface area contributed by atoms with Gasteiger partial charge in [-0.05, 0) is 51.4 Å². The Kier molecular flexibility index (Phi) is 4.27. The molecule has 0 amide bonds. The first kappa shape index (κ1) is 14.2. The molecule has 0 radical (unpaired) electrons. The summed E-state index contributed by atoms with van der Waals surface area (Å²) in [6.45, 7) is 2.59. The van der Waals surface area contributed by atoms with Gasteiger partial charge in [-0.25, -0.2) is 8.78 Å². The molecule has 0 spiro atoms. The third-order valence-electron chi connectivity index (χ3n) is 4.50. The van der Waals surface area contributed by atoms with Crippen LogP contribution in [0.3, 0.4) is 0 Å². The zero-order valence-corrected chi connectivity index (χ0v) is 11.1. The van der Waals surface area contributed by atoms with Crippen molar-refractivity contribution in [2.45, 2.75) is 75.9 Å². The number of halogens is 2. The van der Waals surface area contributed by atoms with Crippen molar-refractivity contribution in [3.63, 3.8) is 0 Å². The Bertz CT molecular complexity index is 275. The van der Waals surface area contributed by atoms with Crippen molar-refractivity contribution >= 4 is 0 Å². The molecule has 2 fully saturated rings. The highest BCUT2D eigenvalue weighted by atomic mass is 19.3. The van der Waals surface area contributed by atoms with Gasteiger partial charge in [0.05, 0.1) is 11.7 Å². The van der Waals surface area contributed by atoms with Gasteiger partial charge in [-0.3, -0.25) is 0 Å². The van der Waals surface area contributed by atoms with Crippen LogP contribution >= 0.6 is 0 Å². The first-order chi connectivity index (χ1) is 8.41. The van der Waals surface area contributed by atoms with Gasteiger partial charge in [0.1, 0.15) is 0 Å². The summed E-state index contributed by atoms with van der Waals surface area (Å²) < 4.78 is 32.3. The maximum atomic E-state index is 13.3. The molecular weight excluding hydrogens is 238 g/mol. The van der Waals surface area contributed by atoms with Crippen LogP contribution in [0.25, 0.3) is 0 Å². The van der Waals surface area contributed by atoms with E-state index in [9.17, 15) is 13.9 Å². The highest BCUT2D eigenvalue weighted by Crippen LogP contribution is 2.40. The predicted molar refractivity (Wildman–Crippen MR) is 65.7 cm³/mol. The van der Waals surface area contributed by atoms with Gasteiger partial charge in [-0.2, -0.15) is 0 Å². The fourth-order valence-corrected chi connectivity index (χ4v) is 3.26. The second kappa shape index (κ2) is 5.41. The molecule has 1 saturated carbocycles. The molecule has 0 aromatic heterocycles. The lowest BCUT2D eigenvalue weighted by Gasteiger charge is -2.40. The number of aliphatic hydroxyl groups excluding tert-OH is 1. The van der Waals surface area contributed by atoms with E-state index < -0.39 is 17.6 Å². The van der Waals surface area contributed by atoms with Crippen LogP contribution < -0.4 is 0 Å². The SMILES string of the molecule is CC1(C(O)CC2CCCC(F)(F)C2)CCCCO1. The molecule has 0 bridgehead atoms. The summed E-state index contributed by atoms with van der Waals surface area (Å²) in [4.78, 5) is 0. The first-order valence-electron chi connectivity index (χ1n) is 7.11. The lowest BCUT2D eigenvalue weighted by atomic mass is 9.78. The molecule has 1 aliphatic heterocycles. The second-order valence-electron chi connectivity index (χ2n) is 6.19. The molecule has 0 aromatic rings. The third kappa shape index (κ3) is 3.41. The molecule has 18 heavy (non-hydrogen) atoms. The van der Waals surface area contributed by atoms with Gasteiger partial charge < -0.3 is 9.84 Å². The van der Waals surface area contributed by atoms with E-state index in [1.165, 1.54) is 0 Å². The van der Waals surface area contributed by atoms with Gasteiger partial charge in [0.2, 0.25) is 5.92 Å². The van der Waals surface area contributed by atoms with Crippen molar-refractivity contribution in [3.05, 3.63) is 0 Å². The molecule has 3 unspecified atom stereocenters. The van der Waals surface area contributed by atoms with Gasteiger partial charge in [-0.1, -0.05) is 0 Å². The van der Waals surface area contributed by atoms with Gasteiger partial charge in [-0.15, -0.1) is 0 Å². The molecular formula is C14H24F2O2. The Hall–Kier alpha value is -0.220. The number of hydrogen-bond donors (Lipinski definition) is 1. The monoisotopic (exact) mass is 262 g/mol. The van der Waals surface area contributed by atoms with E-state index in [4.69, 9.17) is 4.74 Å². The van der Waals surface area contributed by atoms with Crippen molar-refractivity contribution in [2.24, 2.45) is 5.92 Å². The minimum Gasteiger partial charge on any atom is -0.390 e. The minimum absolute atomic E-state index is 0.00730. The Labute approximate surface area is 108 Å². The van der Waals surface area contributed by atoms with E-state index in [1.807, 2.05) is 6.92 Å². The lowest BCUT2D eigenvalue weighted by molar-refractivity contribution is -0.147. The van der Waals surface area contributed by atoms with Gasteiger partial charge in [0.15, 0.2) is 0 Å². The van der Waals surface area contributed by atoms with E-state index in [0.717, 1.165) is 25.7 Å². The van der Waals surface area contributed by atoms with Crippen LogP contribution in [0.2, 0.25) is 0 Å². The van der Waals surface area contributed by atoms with Crippen molar-refractivity contribution < 1.29 is 18.6 Å². The molecule has 1 aliphatic carbocycles. The van der Waals surface area contributed by atoms with Crippen LogP contribution in [0, 0.1) is 5.92 Å². The van der Waals surface area contributed by atoms with Crippen LogP contribution in [0.5, 0.6) is 0 Å². The summed E-state index contributed by atoms with van der Waals surface area (Å²) in [6, 6.07) is 0. The Balaban J connectivity index is 1.88. The molecule has 0 aromatic carbocycles. The summed E-state index contributed by atoms with van der Waals surface area (Å²) in [6.07, 6.45) is 4.07. The van der Waals surface area contributed by atoms with Crippen molar-refractivity contribution in [1.29, 1.82) is 0 Å². The fourth-order valence-electron chi connectivity index (χ4n) is 3.26. The third-order valence-corrected chi connectivity index (χ3v) is 4.50. The molecule has 106 valence electrons. The standard InChI is InChI=1S/C14H24F2O2/c1-13(6-2-3-8-18-13)12(17)9-11-5-4-7-14(15,16)10-11/h11-12,17H,2-10H2,1H3. The van der Waals surface area contributed by atoms with E-state index in [-0.39, 0.29) is 18.8 Å². The van der Waals surface area contributed by atoms with Gasteiger partial charge in [0.25, 0.3) is 0 Å². The zero-order valence-electron chi connectivity index (χ0n) is 11.1. The summed E-state index contributed by atoms with van der Waals surface area (Å²) in [5.74, 6) is -2.59. The Morgan fingerprint density at radius 1 is 1.28 bits per heavy atom. The fraction of sp³-hybridized carbons (Fsp3) is 1.00. The summed E-state index contributed by atoms with van der Waals surface area (Å²) >= 11 is 0.